The molecule has 1 N–H and O–H groups in total. The SMILES string of the molecule is Cn1cncc1C(OCc1ccc(C#N)cc1)c1ccc(C#N)c(-c2ccccc2C(=O)O)c1. The van der Waals surface area contributed by atoms with E-state index in [1.165, 1.54) is 6.07 Å². The van der Waals surface area contributed by atoms with Crippen molar-refractivity contribution in [3.63, 3.8) is 0 Å². The maximum Gasteiger partial charge on any atom is 0.336 e. The van der Waals surface area contributed by atoms with Crippen molar-refractivity contribution in [1.82, 2.24) is 9.55 Å². The summed E-state index contributed by atoms with van der Waals surface area (Å²) in [7, 11) is 1.87. The highest BCUT2D eigenvalue weighted by atomic mass is 16.5. The molecule has 0 saturated heterocycles. The Labute approximate surface area is 196 Å². The van der Waals surface area contributed by atoms with Crippen LogP contribution in [0.3, 0.4) is 0 Å². The minimum absolute atomic E-state index is 0.117. The molecule has 1 heterocycles. The van der Waals surface area contributed by atoms with Crippen molar-refractivity contribution < 1.29 is 14.6 Å². The minimum Gasteiger partial charge on any atom is -0.478 e. The van der Waals surface area contributed by atoms with Crippen LogP contribution in [0.4, 0.5) is 0 Å². The summed E-state index contributed by atoms with van der Waals surface area (Å²) in [6, 6.07) is 23.3. The summed E-state index contributed by atoms with van der Waals surface area (Å²) in [5.41, 5.74) is 4.50. The number of hydrogen-bond acceptors (Lipinski definition) is 5. The van der Waals surface area contributed by atoms with Gasteiger partial charge in [0.05, 0.1) is 53.7 Å². The Morgan fingerprint density at radius 1 is 1.06 bits per heavy atom. The summed E-state index contributed by atoms with van der Waals surface area (Å²) in [5, 5.41) is 28.4. The fourth-order valence-electron chi connectivity index (χ4n) is 3.78. The average molecular weight is 448 g/mol. The van der Waals surface area contributed by atoms with E-state index in [9.17, 15) is 15.2 Å². The van der Waals surface area contributed by atoms with Crippen molar-refractivity contribution in [2.45, 2.75) is 12.7 Å². The molecule has 34 heavy (non-hydrogen) atoms. The molecule has 3 aromatic carbocycles. The third-order valence-electron chi connectivity index (χ3n) is 5.54. The highest BCUT2D eigenvalue weighted by molar-refractivity contribution is 5.96. The van der Waals surface area contributed by atoms with E-state index in [2.05, 4.69) is 17.1 Å². The van der Waals surface area contributed by atoms with E-state index in [0.29, 0.717) is 22.3 Å². The van der Waals surface area contributed by atoms with Gasteiger partial charge < -0.3 is 14.4 Å². The molecule has 0 aliphatic heterocycles. The third-order valence-corrected chi connectivity index (χ3v) is 5.54. The number of benzene rings is 3. The molecule has 0 bridgehead atoms. The summed E-state index contributed by atoms with van der Waals surface area (Å²) >= 11 is 0. The van der Waals surface area contributed by atoms with Gasteiger partial charge >= 0.3 is 5.97 Å². The second-order valence-corrected chi connectivity index (χ2v) is 7.70. The number of aromatic nitrogens is 2. The van der Waals surface area contributed by atoms with Gasteiger partial charge in [-0.3, -0.25) is 0 Å². The molecular weight excluding hydrogens is 428 g/mol. The van der Waals surface area contributed by atoms with E-state index in [1.807, 2.05) is 29.8 Å². The highest BCUT2D eigenvalue weighted by Gasteiger charge is 2.22. The van der Waals surface area contributed by atoms with Crippen LogP contribution in [0.25, 0.3) is 11.1 Å². The van der Waals surface area contributed by atoms with Gasteiger partial charge in [-0.25, -0.2) is 9.78 Å². The summed E-state index contributed by atoms with van der Waals surface area (Å²) < 4.78 is 8.17. The van der Waals surface area contributed by atoms with Gasteiger partial charge in [0.15, 0.2) is 0 Å². The molecule has 0 aliphatic carbocycles. The Hall–Kier alpha value is -4.72. The van der Waals surface area contributed by atoms with E-state index < -0.39 is 12.1 Å². The van der Waals surface area contributed by atoms with Gasteiger partial charge in [-0.2, -0.15) is 10.5 Å². The summed E-state index contributed by atoms with van der Waals surface area (Å²) in [6.07, 6.45) is 2.87. The number of aryl methyl sites for hydroxylation is 1. The van der Waals surface area contributed by atoms with Crippen molar-refractivity contribution in [2.75, 3.05) is 0 Å². The van der Waals surface area contributed by atoms with Crippen molar-refractivity contribution in [1.29, 1.82) is 10.5 Å². The summed E-state index contributed by atoms with van der Waals surface area (Å²) in [6.45, 7) is 0.280. The number of imidazole rings is 1. The Balaban J connectivity index is 1.77. The Bertz CT molecular complexity index is 1430. The predicted molar refractivity (Wildman–Crippen MR) is 125 cm³/mol. The predicted octanol–water partition coefficient (Wildman–Crippen LogP) is 4.83. The Kier molecular flexibility index (Phi) is 6.49. The molecule has 0 amide bonds. The van der Waals surface area contributed by atoms with Crippen molar-refractivity contribution in [3.05, 3.63) is 113 Å². The minimum atomic E-state index is -1.06. The lowest BCUT2D eigenvalue weighted by Crippen LogP contribution is -2.11. The zero-order chi connectivity index (χ0) is 24.1. The van der Waals surface area contributed by atoms with E-state index in [1.54, 1.807) is 55.0 Å². The number of hydrogen-bond donors (Lipinski definition) is 1. The van der Waals surface area contributed by atoms with Crippen LogP contribution in [0.2, 0.25) is 0 Å². The van der Waals surface area contributed by atoms with E-state index in [-0.39, 0.29) is 12.2 Å². The first-order valence-corrected chi connectivity index (χ1v) is 10.5. The fraction of sp³-hybridized carbons (Fsp3) is 0.111. The first kappa shape index (κ1) is 22.5. The monoisotopic (exact) mass is 448 g/mol. The van der Waals surface area contributed by atoms with Crippen LogP contribution in [0, 0.1) is 22.7 Å². The first-order valence-electron chi connectivity index (χ1n) is 10.5. The van der Waals surface area contributed by atoms with Gasteiger partial charge in [-0.05, 0) is 47.0 Å². The second-order valence-electron chi connectivity index (χ2n) is 7.70. The van der Waals surface area contributed by atoms with Crippen LogP contribution in [0.1, 0.15) is 44.4 Å². The second kappa shape index (κ2) is 9.83. The van der Waals surface area contributed by atoms with Gasteiger partial charge in [-0.15, -0.1) is 0 Å². The van der Waals surface area contributed by atoms with Crippen LogP contribution < -0.4 is 0 Å². The maximum atomic E-state index is 11.8. The van der Waals surface area contributed by atoms with Gasteiger partial charge in [0, 0.05) is 12.6 Å². The van der Waals surface area contributed by atoms with E-state index >= 15 is 0 Å². The molecule has 0 saturated carbocycles. The Morgan fingerprint density at radius 3 is 2.47 bits per heavy atom. The normalized spacial score (nSPS) is 11.4. The molecule has 1 unspecified atom stereocenters. The maximum absolute atomic E-state index is 11.8. The fourth-order valence-corrected chi connectivity index (χ4v) is 3.78. The van der Waals surface area contributed by atoms with Crippen LogP contribution >= 0.6 is 0 Å². The zero-order valence-corrected chi connectivity index (χ0v) is 18.3. The molecule has 7 nitrogen and oxygen atoms in total. The molecule has 166 valence electrons. The van der Waals surface area contributed by atoms with E-state index in [4.69, 9.17) is 10.00 Å². The number of ether oxygens (including phenoxy) is 1. The van der Waals surface area contributed by atoms with Gasteiger partial charge in [0.25, 0.3) is 0 Å². The molecular formula is C27H20N4O3. The van der Waals surface area contributed by atoms with Crippen molar-refractivity contribution in [2.24, 2.45) is 7.05 Å². The van der Waals surface area contributed by atoms with Crippen molar-refractivity contribution in [3.8, 4) is 23.3 Å². The molecule has 4 rings (SSSR count). The van der Waals surface area contributed by atoms with Gasteiger partial charge in [0.1, 0.15) is 6.10 Å². The number of carboxylic acids is 1. The smallest absolute Gasteiger partial charge is 0.336 e. The number of nitriles is 2. The summed E-state index contributed by atoms with van der Waals surface area (Å²) in [5.74, 6) is -1.06. The molecule has 0 fully saturated rings. The standard InChI is InChI=1S/C27H20N4O3/c1-31-17-30-15-25(31)26(34-16-19-8-6-18(13-28)7-9-19)20-10-11-21(14-29)24(12-20)22-4-2-3-5-23(22)27(32)33/h2-12,15,17,26H,16H2,1H3,(H,32,33). The lowest BCUT2D eigenvalue weighted by atomic mass is 9.92. The number of rotatable bonds is 7. The quantitative estimate of drug-likeness (QED) is 0.433. The van der Waals surface area contributed by atoms with Gasteiger partial charge in [0.2, 0.25) is 0 Å². The number of carboxylic acid groups (broad SMARTS) is 1. The van der Waals surface area contributed by atoms with Crippen LogP contribution in [0.15, 0.2) is 79.3 Å². The molecule has 7 heteroatoms. The zero-order valence-electron chi connectivity index (χ0n) is 18.3. The van der Waals surface area contributed by atoms with E-state index in [0.717, 1.165) is 16.8 Å². The average Bonchev–Trinajstić information content (AvgIpc) is 3.29. The number of carbonyl (C=O) groups is 1. The van der Waals surface area contributed by atoms with Crippen LogP contribution in [0.5, 0.6) is 0 Å². The first-order chi connectivity index (χ1) is 16.5. The van der Waals surface area contributed by atoms with Crippen LogP contribution in [-0.4, -0.2) is 20.6 Å². The Morgan fingerprint density at radius 2 is 1.82 bits per heavy atom. The largest absolute Gasteiger partial charge is 0.478 e. The molecule has 0 spiro atoms. The van der Waals surface area contributed by atoms with Crippen LogP contribution in [-0.2, 0) is 18.4 Å². The molecule has 0 radical (unpaired) electrons. The highest BCUT2D eigenvalue weighted by Crippen LogP contribution is 2.33. The molecule has 1 atom stereocenters. The lowest BCUT2D eigenvalue weighted by molar-refractivity contribution is 0.0622. The third kappa shape index (κ3) is 4.56. The van der Waals surface area contributed by atoms with Gasteiger partial charge in [-0.1, -0.05) is 36.4 Å². The number of nitrogens with zero attached hydrogens (tertiary/aromatic N) is 4. The molecule has 1 aromatic heterocycles. The lowest BCUT2D eigenvalue weighted by Gasteiger charge is -2.21. The summed E-state index contributed by atoms with van der Waals surface area (Å²) in [4.78, 5) is 16.0. The molecule has 0 aliphatic rings. The molecule has 4 aromatic rings. The van der Waals surface area contributed by atoms with Crippen molar-refractivity contribution >= 4 is 5.97 Å². The topological polar surface area (TPSA) is 112 Å². The number of aromatic carboxylic acids is 1.